The molecule has 0 radical (unpaired) electrons. The molecule has 0 bridgehead atoms. The minimum atomic E-state index is 0.221. The molecule has 1 aliphatic rings. The van der Waals surface area contributed by atoms with E-state index in [9.17, 15) is 5.11 Å². The zero-order valence-corrected chi connectivity index (χ0v) is 34.7. The maximum atomic E-state index is 11.5. The van der Waals surface area contributed by atoms with Gasteiger partial charge in [-0.15, -0.1) is 0 Å². The Morgan fingerprint density at radius 3 is 1.75 bits per heavy atom. The van der Waals surface area contributed by atoms with Gasteiger partial charge in [0.15, 0.2) is 0 Å². The predicted molar refractivity (Wildman–Crippen MR) is 259 cm³/mol. The molecule has 14 rings (SSSR count). The van der Waals surface area contributed by atoms with Crippen molar-refractivity contribution in [1.29, 1.82) is 0 Å². The summed E-state index contributed by atoms with van der Waals surface area (Å²) in [6, 6.07) is 60.1. The monoisotopic (exact) mass is 837 g/mol. The summed E-state index contributed by atoms with van der Waals surface area (Å²) in [5.74, 6) is 0.969. The number of fused-ring (bicyclic) bond motifs is 12. The van der Waals surface area contributed by atoms with E-state index in [-0.39, 0.29) is 5.75 Å². The van der Waals surface area contributed by atoms with Gasteiger partial charge in [-0.25, -0.2) is 9.97 Å². The molecule has 8 aromatic carbocycles. The average molecular weight is 838 g/mol. The molecule has 0 saturated heterocycles. The zero-order valence-electron chi connectivity index (χ0n) is 34.7. The van der Waals surface area contributed by atoms with Gasteiger partial charge in [-0.3, -0.25) is 4.57 Å². The summed E-state index contributed by atoms with van der Waals surface area (Å²) >= 11 is 0. The van der Waals surface area contributed by atoms with Crippen molar-refractivity contribution in [3.63, 3.8) is 0 Å². The fourth-order valence-corrected chi connectivity index (χ4v) is 10.1. The number of aryl methyl sites for hydroxylation is 1. The first kappa shape index (κ1) is 35.9. The minimum absolute atomic E-state index is 0.221. The lowest BCUT2D eigenvalue weighted by Gasteiger charge is -2.23. The van der Waals surface area contributed by atoms with Crippen LogP contribution in [0.4, 0.5) is 0 Å². The number of imidazole rings is 1. The van der Waals surface area contributed by atoms with Crippen LogP contribution in [-0.2, 0) is 12.8 Å². The van der Waals surface area contributed by atoms with Crippen LogP contribution in [0.3, 0.4) is 0 Å². The minimum Gasteiger partial charge on any atom is -0.507 e. The van der Waals surface area contributed by atoms with Gasteiger partial charge in [0.05, 0.1) is 11.4 Å². The van der Waals surface area contributed by atoms with Crippen molar-refractivity contribution in [3.8, 4) is 67.7 Å². The van der Waals surface area contributed by atoms with Crippen LogP contribution in [0.25, 0.3) is 128 Å². The second kappa shape index (κ2) is 13.7. The number of phenolic OH excluding ortho intramolecular Hbond substituents is 1. The SMILES string of the molecule is Oc1cccc2c1-c1nc(-c3cn(-c4ccc5oc6ccccc6c5c4)c(-c4ccc5oc6ccc(-c7ccccc7)cc6c5c4)n3)cc(-c3ccc4oc5ccccc5c4c3)c1CC2. The Hall–Kier alpha value is -8.68. The van der Waals surface area contributed by atoms with Gasteiger partial charge in [0, 0.05) is 55.3 Å². The second-order valence-electron chi connectivity index (χ2n) is 17.0. The van der Waals surface area contributed by atoms with Crippen LogP contribution in [0.15, 0.2) is 195 Å². The maximum absolute atomic E-state index is 11.5. The molecule has 65 heavy (non-hydrogen) atoms. The van der Waals surface area contributed by atoms with Crippen molar-refractivity contribution in [2.75, 3.05) is 0 Å². The highest BCUT2D eigenvalue weighted by molar-refractivity contribution is 6.09. The number of aromatic hydroxyl groups is 1. The number of rotatable bonds is 5. The molecule has 7 nitrogen and oxygen atoms in total. The summed E-state index contributed by atoms with van der Waals surface area (Å²) in [5, 5.41) is 17.7. The lowest BCUT2D eigenvalue weighted by Crippen LogP contribution is -2.09. The van der Waals surface area contributed by atoms with Gasteiger partial charge in [-0.2, -0.15) is 0 Å². The third-order valence-corrected chi connectivity index (χ3v) is 13.3. The van der Waals surface area contributed by atoms with Crippen molar-refractivity contribution >= 4 is 65.8 Å². The number of nitrogens with zero attached hydrogens (tertiary/aromatic N) is 3. The molecule has 306 valence electrons. The predicted octanol–water partition coefficient (Wildman–Crippen LogP) is 15.1. The molecule has 13 aromatic rings. The van der Waals surface area contributed by atoms with E-state index in [1.165, 1.54) is 0 Å². The van der Waals surface area contributed by atoms with E-state index in [1.54, 1.807) is 6.07 Å². The third kappa shape index (κ3) is 5.55. The first-order valence-electron chi connectivity index (χ1n) is 21.9. The van der Waals surface area contributed by atoms with Gasteiger partial charge in [-0.05, 0) is 131 Å². The van der Waals surface area contributed by atoms with Crippen molar-refractivity contribution in [2.24, 2.45) is 0 Å². The number of hydrogen-bond acceptors (Lipinski definition) is 6. The number of phenols is 1. The van der Waals surface area contributed by atoms with Gasteiger partial charge in [0.1, 0.15) is 50.8 Å². The Morgan fingerprint density at radius 2 is 1.02 bits per heavy atom. The fraction of sp³-hybridized carbons (Fsp3) is 0.0345. The Kier molecular flexibility index (Phi) is 7.54. The summed E-state index contributed by atoms with van der Waals surface area (Å²) in [5.41, 5.74) is 16.3. The van der Waals surface area contributed by atoms with Crippen LogP contribution in [0.1, 0.15) is 11.1 Å². The molecular formula is C58H35N3O4. The van der Waals surface area contributed by atoms with Crippen LogP contribution >= 0.6 is 0 Å². The first-order chi connectivity index (χ1) is 32.1. The Bertz CT molecular complexity index is 4090. The van der Waals surface area contributed by atoms with E-state index in [0.717, 1.165) is 140 Å². The topological polar surface area (TPSA) is 90.4 Å². The van der Waals surface area contributed by atoms with Gasteiger partial charge < -0.3 is 18.4 Å². The highest BCUT2D eigenvalue weighted by Crippen LogP contribution is 2.45. The zero-order chi connectivity index (χ0) is 42.8. The summed E-state index contributed by atoms with van der Waals surface area (Å²) in [7, 11) is 0. The molecule has 0 amide bonds. The van der Waals surface area contributed by atoms with E-state index in [1.807, 2.05) is 60.7 Å². The molecule has 5 aromatic heterocycles. The number of furan rings is 3. The lowest BCUT2D eigenvalue weighted by molar-refractivity contribution is 0.476. The van der Waals surface area contributed by atoms with Crippen molar-refractivity contribution in [1.82, 2.24) is 14.5 Å². The number of benzene rings is 8. The Morgan fingerprint density at radius 1 is 0.431 bits per heavy atom. The van der Waals surface area contributed by atoms with Crippen molar-refractivity contribution in [3.05, 3.63) is 193 Å². The van der Waals surface area contributed by atoms with Gasteiger partial charge >= 0.3 is 0 Å². The summed E-state index contributed by atoms with van der Waals surface area (Å²) < 4.78 is 21.1. The van der Waals surface area contributed by atoms with Gasteiger partial charge in [0.25, 0.3) is 0 Å². The molecule has 0 fully saturated rings. The van der Waals surface area contributed by atoms with Crippen LogP contribution in [0, 0.1) is 0 Å². The van der Waals surface area contributed by atoms with E-state index in [0.29, 0.717) is 11.4 Å². The normalized spacial score (nSPS) is 12.6. The molecule has 1 N–H and O–H groups in total. The summed E-state index contributed by atoms with van der Waals surface area (Å²) in [6.07, 6.45) is 3.66. The molecule has 5 heterocycles. The quantitative estimate of drug-likeness (QED) is 0.186. The number of aromatic nitrogens is 3. The van der Waals surface area contributed by atoms with E-state index >= 15 is 0 Å². The van der Waals surface area contributed by atoms with Crippen LogP contribution < -0.4 is 0 Å². The third-order valence-electron chi connectivity index (χ3n) is 13.3. The molecule has 7 heteroatoms. The summed E-state index contributed by atoms with van der Waals surface area (Å²) in [4.78, 5) is 10.9. The lowest BCUT2D eigenvalue weighted by atomic mass is 9.84. The molecule has 0 aliphatic heterocycles. The first-order valence-corrected chi connectivity index (χ1v) is 21.9. The largest absolute Gasteiger partial charge is 0.507 e. The van der Waals surface area contributed by atoms with E-state index in [2.05, 4.69) is 120 Å². The van der Waals surface area contributed by atoms with Gasteiger partial charge in [-0.1, -0.05) is 91.0 Å². The summed E-state index contributed by atoms with van der Waals surface area (Å²) in [6.45, 7) is 0. The number of para-hydroxylation sites is 2. The van der Waals surface area contributed by atoms with Crippen LogP contribution in [0.5, 0.6) is 5.75 Å². The molecule has 0 unspecified atom stereocenters. The molecular weight excluding hydrogens is 803 g/mol. The smallest absolute Gasteiger partial charge is 0.145 e. The number of hydrogen-bond donors (Lipinski definition) is 1. The Labute approximate surface area is 371 Å². The average Bonchev–Trinajstić information content (AvgIpc) is 4.15. The van der Waals surface area contributed by atoms with Crippen LogP contribution in [0.2, 0.25) is 0 Å². The fourth-order valence-electron chi connectivity index (χ4n) is 10.1. The maximum Gasteiger partial charge on any atom is 0.145 e. The van der Waals surface area contributed by atoms with Crippen molar-refractivity contribution in [2.45, 2.75) is 12.8 Å². The highest BCUT2D eigenvalue weighted by Gasteiger charge is 2.27. The van der Waals surface area contributed by atoms with Crippen LogP contribution in [-0.4, -0.2) is 19.6 Å². The molecule has 0 atom stereocenters. The van der Waals surface area contributed by atoms with E-state index < -0.39 is 0 Å². The number of pyridine rings is 1. The van der Waals surface area contributed by atoms with E-state index in [4.69, 9.17) is 23.2 Å². The molecule has 0 saturated carbocycles. The molecule has 0 spiro atoms. The van der Waals surface area contributed by atoms with Gasteiger partial charge in [0.2, 0.25) is 0 Å². The van der Waals surface area contributed by atoms with Crippen molar-refractivity contribution < 1.29 is 18.4 Å². The Balaban J connectivity index is 1.01. The second-order valence-corrected chi connectivity index (χ2v) is 17.0. The highest BCUT2D eigenvalue weighted by atomic mass is 16.3. The standard InChI is InChI=1S/C58H35N3O4/c62-49-14-8-11-34-17-22-41-42(36-19-24-52-43(28-36)39-12-4-6-15-50(39)63-52)31-47(59-57(41)56(34)49)48-32-61(38-21-26-55-46(30-38)40-13-5-7-16-51(40)64-55)58(60-48)37-20-25-54-45(29-37)44-27-35(18-23-53(44)65-54)33-9-2-1-3-10-33/h1-16,18-21,23-32,62H,17,22H2. The molecule has 1 aliphatic carbocycles.